The summed E-state index contributed by atoms with van der Waals surface area (Å²) >= 11 is 7.23. The minimum absolute atomic E-state index is 0.199. The second-order valence-corrected chi connectivity index (χ2v) is 5.09. The first-order chi connectivity index (χ1) is 6.65. The van der Waals surface area contributed by atoms with Gasteiger partial charge in [-0.1, -0.05) is 18.5 Å². The zero-order valence-corrected chi connectivity index (χ0v) is 9.94. The molecule has 80 valence electrons. The van der Waals surface area contributed by atoms with E-state index in [0.29, 0.717) is 6.61 Å². The molecule has 0 radical (unpaired) electrons. The number of rotatable bonds is 5. The molecule has 0 aliphatic heterocycles. The molecule has 2 nitrogen and oxygen atoms in total. The molecule has 0 aliphatic carbocycles. The van der Waals surface area contributed by atoms with E-state index in [9.17, 15) is 5.11 Å². The molecule has 0 aliphatic rings. The van der Waals surface area contributed by atoms with E-state index >= 15 is 0 Å². The highest BCUT2D eigenvalue weighted by atomic mass is 35.5. The normalized spacial score (nSPS) is 15.4. The van der Waals surface area contributed by atoms with Crippen LogP contribution in [0.15, 0.2) is 12.1 Å². The largest absolute Gasteiger partial charge is 0.387 e. The fourth-order valence-corrected chi connectivity index (χ4v) is 2.41. The van der Waals surface area contributed by atoms with Gasteiger partial charge in [-0.3, -0.25) is 0 Å². The quantitative estimate of drug-likeness (QED) is 0.849. The first-order valence-corrected chi connectivity index (χ1v) is 5.77. The monoisotopic (exact) mass is 234 g/mol. The third-order valence-electron chi connectivity index (χ3n) is 2.20. The van der Waals surface area contributed by atoms with Crippen molar-refractivity contribution >= 4 is 22.9 Å². The molecule has 0 amide bonds. The molecule has 1 heterocycles. The predicted octanol–water partition coefficient (Wildman–Crippen LogP) is 3.11. The van der Waals surface area contributed by atoms with Crippen LogP contribution in [0.4, 0.5) is 0 Å². The molecule has 1 aromatic rings. The van der Waals surface area contributed by atoms with Crippen LogP contribution in [0, 0.1) is 5.92 Å². The number of halogens is 1. The summed E-state index contributed by atoms with van der Waals surface area (Å²) in [5.41, 5.74) is 0. The van der Waals surface area contributed by atoms with Gasteiger partial charge in [0, 0.05) is 18.6 Å². The maximum Gasteiger partial charge on any atom is 0.0932 e. The van der Waals surface area contributed by atoms with Gasteiger partial charge in [0.2, 0.25) is 0 Å². The molecule has 0 spiro atoms. The molecule has 4 heteroatoms. The van der Waals surface area contributed by atoms with E-state index < -0.39 is 6.10 Å². The molecular weight excluding hydrogens is 220 g/mol. The summed E-state index contributed by atoms with van der Waals surface area (Å²) in [6.07, 6.45) is 0.426. The maximum atomic E-state index is 9.93. The lowest BCUT2D eigenvalue weighted by molar-refractivity contribution is 0.0912. The minimum Gasteiger partial charge on any atom is -0.387 e. The van der Waals surface area contributed by atoms with Gasteiger partial charge >= 0.3 is 0 Å². The number of aliphatic hydroxyl groups is 1. The second-order valence-electron chi connectivity index (χ2n) is 3.35. The molecule has 1 rings (SSSR count). The minimum atomic E-state index is -0.428. The van der Waals surface area contributed by atoms with Gasteiger partial charge in [-0.05, 0) is 24.5 Å². The Bertz CT molecular complexity index is 275. The first kappa shape index (κ1) is 12.0. The number of thiophene rings is 1. The molecule has 2 unspecified atom stereocenters. The summed E-state index contributed by atoms with van der Waals surface area (Å²) in [6, 6.07) is 3.69. The van der Waals surface area contributed by atoms with Gasteiger partial charge in [0.25, 0.3) is 0 Å². The lowest BCUT2D eigenvalue weighted by Gasteiger charge is -2.16. The van der Waals surface area contributed by atoms with Gasteiger partial charge in [-0.25, -0.2) is 0 Å². The molecule has 0 saturated heterocycles. The van der Waals surface area contributed by atoms with Crippen molar-refractivity contribution in [2.45, 2.75) is 19.4 Å². The third kappa shape index (κ3) is 3.24. The highest BCUT2D eigenvalue weighted by Gasteiger charge is 2.17. The Morgan fingerprint density at radius 1 is 1.57 bits per heavy atom. The van der Waals surface area contributed by atoms with Crippen LogP contribution >= 0.6 is 22.9 Å². The molecular formula is C10H15ClO2S. The summed E-state index contributed by atoms with van der Waals surface area (Å²) in [7, 11) is 1.67. The van der Waals surface area contributed by atoms with E-state index in [1.807, 2.05) is 19.1 Å². The van der Waals surface area contributed by atoms with Crippen molar-refractivity contribution in [1.29, 1.82) is 0 Å². The Hall–Kier alpha value is -0.0900. The van der Waals surface area contributed by atoms with Gasteiger partial charge in [-0.2, -0.15) is 0 Å². The van der Waals surface area contributed by atoms with E-state index in [1.54, 1.807) is 7.11 Å². The van der Waals surface area contributed by atoms with Crippen LogP contribution in [0.2, 0.25) is 4.34 Å². The molecule has 0 bridgehead atoms. The van der Waals surface area contributed by atoms with Crippen LogP contribution in [0.5, 0.6) is 0 Å². The van der Waals surface area contributed by atoms with Crippen molar-refractivity contribution in [3.63, 3.8) is 0 Å². The average molecular weight is 235 g/mol. The van der Waals surface area contributed by atoms with Crippen LogP contribution in [-0.4, -0.2) is 18.8 Å². The topological polar surface area (TPSA) is 29.5 Å². The van der Waals surface area contributed by atoms with Crippen molar-refractivity contribution in [3.05, 3.63) is 21.3 Å². The van der Waals surface area contributed by atoms with E-state index in [0.717, 1.165) is 15.6 Å². The Kier molecular flexibility index (Phi) is 4.89. The zero-order chi connectivity index (χ0) is 10.6. The highest BCUT2D eigenvalue weighted by Crippen LogP contribution is 2.32. The van der Waals surface area contributed by atoms with Crippen LogP contribution in [-0.2, 0) is 4.74 Å². The number of aliphatic hydroxyl groups excluding tert-OH is 1. The number of methoxy groups -OCH3 is 1. The Morgan fingerprint density at radius 2 is 2.29 bits per heavy atom. The first-order valence-electron chi connectivity index (χ1n) is 4.57. The Morgan fingerprint density at radius 3 is 2.79 bits per heavy atom. The molecule has 0 fully saturated rings. The van der Waals surface area contributed by atoms with E-state index in [1.165, 1.54) is 11.3 Å². The van der Waals surface area contributed by atoms with Crippen molar-refractivity contribution in [3.8, 4) is 0 Å². The Balaban J connectivity index is 2.51. The van der Waals surface area contributed by atoms with Crippen LogP contribution < -0.4 is 0 Å². The standard InChI is InChI=1S/C10H15ClO2S/c1-7(5-6-13-2)10(12)8-3-4-9(11)14-8/h3-4,7,10,12H,5-6H2,1-2H3. The lowest BCUT2D eigenvalue weighted by Crippen LogP contribution is -2.10. The van der Waals surface area contributed by atoms with Crippen LogP contribution in [0.25, 0.3) is 0 Å². The average Bonchev–Trinajstić information content (AvgIpc) is 2.60. The lowest BCUT2D eigenvalue weighted by atomic mass is 10.0. The summed E-state index contributed by atoms with van der Waals surface area (Å²) in [5.74, 6) is 0.199. The molecule has 0 saturated carbocycles. The molecule has 1 N–H and O–H groups in total. The summed E-state index contributed by atoms with van der Waals surface area (Å²) in [5, 5.41) is 9.93. The van der Waals surface area contributed by atoms with Gasteiger partial charge in [-0.15, -0.1) is 11.3 Å². The second kappa shape index (κ2) is 5.71. The van der Waals surface area contributed by atoms with Gasteiger partial charge in [0.15, 0.2) is 0 Å². The fraction of sp³-hybridized carbons (Fsp3) is 0.600. The van der Waals surface area contributed by atoms with Crippen molar-refractivity contribution < 1.29 is 9.84 Å². The molecule has 1 aromatic heterocycles. The van der Waals surface area contributed by atoms with E-state index in [2.05, 4.69) is 0 Å². The maximum absolute atomic E-state index is 9.93. The fourth-order valence-electron chi connectivity index (χ4n) is 1.23. The predicted molar refractivity (Wildman–Crippen MR) is 59.9 cm³/mol. The molecule has 14 heavy (non-hydrogen) atoms. The Labute approximate surface area is 93.5 Å². The van der Waals surface area contributed by atoms with E-state index in [-0.39, 0.29) is 5.92 Å². The van der Waals surface area contributed by atoms with Crippen LogP contribution in [0.1, 0.15) is 24.3 Å². The zero-order valence-electron chi connectivity index (χ0n) is 8.37. The summed E-state index contributed by atoms with van der Waals surface area (Å²) < 4.78 is 5.69. The van der Waals surface area contributed by atoms with Gasteiger partial charge < -0.3 is 9.84 Å². The smallest absolute Gasteiger partial charge is 0.0932 e. The number of ether oxygens (including phenoxy) is 1. The van der Waals surface area contributed by atoms with Crippen LogP contribution in [0.3, 0.4) is 0 Å². The molecule has 0 aromatic carbocycles. The molecule has 2 atom stereocenters. The number of hydrogen-bond acceptors (Lipinski definition) is 3. The summed E-state index contributed by atoms with van der Waals surface area (Å²) in [6.45, 7) is 2.69. The van der Waals surface area contributed by atoms with Crippen molar-refractivity contribution in [2.24, 2.45) is 5.92 Å². The number of hydrogen-bond donors (Lipinski definition) is 1. The van der Waals surface area contributed by atoms with Gasteiger partial charge in [0.1, 0.15) is 0 Å². The van der Waals surface area contributed by atoms with Gasteiger partial charge in [0.05, 0.1) is 10.4 Å². The van der Waals surface area contributed by atoms with E-state index in [4.69, 9.17) is 16.3 Å². The highest BCUT2D eigenvalue weighted by molar-refractivity contribution is 7.16. The van der Waals surface area contributed by atoms with Crippen molar-refractivity contribution in [2.75, 3.05) is 13.7 Å². The SMILES string of the molecule is COCCC(C)C(O)c1ccc(Cl)s1. The van der Waals surface area contributed by atoms with Crippen molar-refractivity contribution in [1.82, 2.24) is 0 Å². The third-order valence-corrected chi connectivity index (χ3v) is 3.50. The summed E-state index contributed by atoms with van der Waals surface area (Å²) in [4.78, 5) is 0.929.